The summed E-state index contributed by atoms with van der Waals surface area (Å²) in [5.74, 6) is -0.337. The molecule has 0 aliphatic carbocycles. The number of hydrogen-bond acceptors (Lipinski definition) is 3. The third kappa shape index (κ3) is 3.19. The SMILES string of the molecule is O=S(=Nc1ccc(F)cc1)(c1ccccc1)N1CCOCC1. The van der Waals surface area contributed by atoms with E-state index in [1.807, 2.05) is 34.6 Å². The first-order chi connectivity index (χ1) is 10.7. The minimum absolute atomic E-state index is 0.337. The molecule has 1 fully saturated rings. The van der Waals surface area contributed by atoms with E-state index >= 15 is 0 Å². The molecule has 0 saturated carbocycles. The summed E-state index contributed by atoms with van der Waals surface area (Å²) in [6.45, 7) is 2.17. The van der Waals surface area contributed by atoms with E-state index in [2.05, 4.69) is 4.36 Å². The molecule has 3 rings (SSSR count). The lowest BCUT2D eigenvalue weighted by Gasteiger charge is -2.29. The predicted octanol–water partition coefficient (Wildman–Crippen LogP) is 3.23. The van der Waals surface area contributed by atoms with Gasteiger partial charge in [-0.2, -0.15) is 4.36 Å². The molecule has 0 amide bonds. The van der Waals surface area contributed by atoms with Crippen LogP contribution in [-0.2, 0) is 14.7 Å². The third-order valence-electron chi connectivity index (χ3n) is 3.43. The van der Waals surface area contributed by atoms with Gasteiger partial charge in [0.25, 0.3) is 0 Å². The molecule has 1 saturated heterocycles. The van der Waals surface area contributed by atoms with Crippen molar-refractivity contribution in [3.63, 3.8) is 0 Å². The van der Waals surface area contributed by atoms with E-state index in [4.69, 9.17) is 4.74 Å². The van der Waals surface area contributed by atoms with E-state index in [-0.39, 0.29) is 5.82 Å². The smallest absolute Gasteiger partial charge is 0.144 e. The summed E-state index contributed by atoms with van der Waals surface area (Å²) in [7, 11) is -2.78. The van der Waals surface area contributed by atoms with Crippen molar-refractivity contribution in [1.82, 2.24) is 4.31 Å². The molecule has 0 spiro atoms. The Kier molecular flexibility index (Phi) is 4.52. The Labute approximate surface area is 129 Å². The van der Waals surface area contributed by atoms with Crippen molar-refractivity contribution >= 4 is 15.6 Å². The van der Waals surface area contributed by atoms with Crippen molar-refractivity contribution in [2.45, 2.75) is 4.90 Å². The van der Waals surface area contributed by atoms with Crippen LogP contribution in [0.3, 0.4) is 0 Å². The first-order valence-electron chi connectivity index (χ1n) is 7.09. The number of benzene rings is 2. The van der Waals surface area contributed by atoms with Crippen molar-refractivity contribution in [3.05, 3.63) is 60.4 Å². The van der Waals surface area contributed by atoms with Gasteiger partial charge in [0.1, 0.15) is 15.7 Å². The fourth-order valence-electron chi connectivity index (χ4n) is 2.30. The Morgan fingerprint density at radius 2 is 1.64 bits per heavy atom. The van der Waals surface area contributed by atoms with Crippen molar-refractivity contribution in [1.29, 1.82) is 0 Å². The second-order valence-corrected chi connectivity index (χ2v) is 7.08. The molecule has 2 aromatic rings. The first kappa shape index (κ1) is 15.1. The lowest BCUT2D eigenvalue weighted by atomic mass is 10.3. The van der Waals surface area contributed by atoms with Crippen molar-refractivity contribution < 1.29 is 13.3 Å². The van der Waals surface area contributed by atoms with Crippen LogP contribution < -0.4 is 0 Å². The highest BCUT2D eigenvalue weighted by Gasteiger charge is 2.24. The maximum Gasteiger partial charge on any atom is 0.144 e. The topological polar surface area (TPSA) is 41.9 Å². The molecule has 0 N–H and O–H groups in total. The Morgan fingerprint density at radius 3 is 2.27 bits per heavy atom. The van der Waals surface area contributed by atoms with E-state index < -0.39 is 9.92 Å². The van der Waals surface area contributed by atoms with Gasteiger partial charge in [0.05, 0.1) is 23.8 Å². The molecular weight excluding hydrogens is 303 g/mol. The highest BCUT2D eigenvalue weighted by Crippen LogP contribution is 2.25. The molecule has 116 valence electrons. The van der Waals surface area contributed by atoms with Gasteiger partial charge in [-0.15, -0.1) is 0 Å². The summed E-state index contributed by atoms with van der Waals surface area (Å²) in [4.78, 5) is 0.654. The maximum absolute atomic E-state index is 13.6. The Balaban J connectivity index is 2.10. The predicted molar refractivity (Wildman–Crippen MR) is 83.7 cm³/mol. The minimum atomic E-state index is -2.78. The van der Waals surface area contributed by atoms with Gasteiger partial charge >= 0.3 is 0 Å². The van der Waals surface area contributed by atoms with Gasteiger partial charge in [-0.1, -0.05) is 18.2 Å². The molecule has 6 heteroatoms. The average Bonchev–Trinajstić information content (AvgIpc) is 2.58. The second kappa shape index (κ2) is 6.56. The van der Waals surface area contributed by atoms with Crippen LogP contribution in [0.5, 0.6) is 0 Å². The molecule has 1 atom stereocenters. The number of morpholine rings is 1. The van der Waals surface area contributed by atoms with Crippen LogP contribution in [0.25, 0.3) is 0 Å². The standard InChI is InChI=1S/C16H17FN2O2S/c17-14-6-8-15(9-7-14)18-22(20,16-4-2-1-3-5-16)19-10-12-21-13-11-19/h1-9H,10-13H2. The molecule has 1 heterocycles. The van der Waals surface area contributed by atoms with Crippen LogP contribution in [0, 0.1) is 5.82 Å². The number of ether oxygens (including phenoxy) is 1. The van der Waals surface area contributed by atoms with Gasteiger partial charge in [-0.3, -0.25) is 0 Å². The molecule has 1 unspecified atom stereocenters. The van der Waals surface area contributed by atoms with E-state index in [9.17, 15) is 8.60 Å². The summed E-state index contributed by atoms with van der Waals surface area (Å²) in [6.07, 6.45) is 0. The molecule has 1 aliphatic rings. The van der Waals surface area contributed by atoms with Crippen LogP contribution in [0.15, 0.2) is 63.9 Å². The molecule has 0 aromatic heterocycles. The Hall–Kier alpha value is -1.76. The number of nitrogens with zero attached hydrogens (tertiary/aromatic N) is 2. The third-order valence-corrected chi connectivity index (χ3v) is 5.84. The summed E-state index contributed by atoms with van der Waals surface area (Å²) < 4.78 is 38.3. The van der Waals surface area contributed by atoms with Gasteiger partial charge in [-0.05, 0) is 36.4 Å². The summed E-state index contributed by atoms with van der Waals surface area (Å²) in [6, 6.07) is 14.9. The second-order valence-electron chi connectivity index (χ2n) is 4.92. The fourth-order valence-corrected chi connectivity index (χ4v) is 4.38. The highest BCUT2D eigenvalue weighted by molar-refractivity contribution is 7.91. The zero-order valence-electron chi connectivity index (χ0n) is 12.0. The number of rotatable bonds is 3. The summed E-state index contributed by atoms with van der Waals surface area (Å²) in [5.41, 5.74) is 0.502. The van der Waals surface area contributed by atoms with Crippen LogP contribution in [0.2, 0.25) is 0 Å². The Bertz CT molecular complexity index is 735. The van der Waals surface area contributed by atoms with E-state index in [0.29, 0.717) is 36.9 Å². The molecular formula is C16H17FN2O2S. The maximum atomic E-state index is 13.6. The largest absolute Gasteiger partial charge is 0.379 e. The zero-order valence-corrected chi connectivity index (χ0v) is 12.8. The monoisotopic (exact) mass is 320 g/mol. The average molecular weight is 320 g/mol. The molecule has 2 aromatic carbocycles. The van der Waals surface area contributed by atoms with Crippen molar-refractivity contribution in [3.8, 4) is 0 Å². The van der Waals surface area contributed by atoms with Crippen LogP contribution in [-0.4, -0.2) is 34.8 Å². The summed E-state index contributed by atoms with van der Waals surface area (Å²) >= 11 is 0. The van der Waals surface area contributed by atoms with Gasteiger partial charge in [0.2, 0.25) is 0 Å². The summed E-state index contributed by atoms with van der Waals surface area (Å²) in [5, 5.41) is 0. The van der Waals surface area contributed by atoms with E-state index in [1.54, 1.807) is 12.1 Å². The quantitative estimate of drug-likeness (QED) is 0.871. The molecule has 0 bridgehead atoms. The van der Waals surface area contributed by atoms with Gasteiger partial charge in [-0.25, -0.2) is 12.9 Å². The van der Waals surface area contributed by atoms with Crippen LogP contribution in [0.4, 0.5) is 10.1 Å². The Morgan fingerprint density at radius 1 is 1.00 bits per heavy atom. The normalized spacial score (nSPS) is 18.6. The van der Waals surface area contributed by atoms with Crippen molar-refractivity contribution in [2.75, 3.05) is 26.3 Å². The van der Waals surface area contributed by atoms with E-state index in [0.717, 1.165) is 0 Å². The van der Waals surface area contributed by atoms with Gasteiger partial charge in [0, 0.05) is 13.1 Å². The lowest BCUT2D eigenvalue weighted by molar-refractivity contribution is 0.0745. The zero-order chi connectivity index (χ0) is 15.4. The van der Waals surface area contributed by atoms with E-state index in [1.165, 1.54) is 12.1 Å². The highest BCUT2D eigenvalue weighted by atomic mass is 32.2. The number of halogens is 1. The first-order valence-corrected chi connectivity index (χ1v) is 8.56. The molecule has 1 aliphatic heterocycles. The van der Waals surface area contributed by atoms with Gasteiger partial charge < -0.3 is 4.74 Å². The lowest BCUT2D eigenvalue weighted by Crippen LogP contribution is -2.40. The van der Waals surface area contributed by atoms with Gasteiger partial charge in [0.15, 0.2) is 0 Å². The fraction of sp³-hybridized carbons (Fsp3) is 0.250. The molecule has 22 heavy (non-hydrogen) atoms. The molecule has 0 radical (unpaired) electrons. The minimum Gasteiger partial charge on any atom is -0.379 e. The van der Waals surface area contributed by atoms with Crippen LogP contribution in [0.1, 0.15) is 0 Å². The van der Waals surface area contributed by atoms with Crippen molar-refractivity contribution in [2.24, 2.45) is 4.36 Å². The number of hydrogen-bond donors (Lipinski definition) is 0. The molecule has 4 nitrogen and oxygen atoms in total. The van der Waals surface area contributed by atoms with Crippen LogP contribution >= 0.6 is 0 Å².